The van der Waals surface area contributed by atoms with Crippen LogP contribution in [0.3, 0.4) is 0 Å². The maximum Gasteiger partial charge on any atom is 0.186 e. The molecule has 0 amide bonds. The van der Waals surface area contributed by atoms with Crippen LogP contribution in [0.2, 0.25) is 0 Å². The van der Waals surface area contributed by atoms with Gasteiger partial charge in [0.25, 0.3) is 0 Å². The van der Waals surface area contributed by atoms with Gasteiger partial charge in [0, 0.05) is 0 Å². The van der Waals surface area contributed by atoms with Crippen molar-refractivity contribution >= 4 is 0 Å². The molecule has 160 valence electrons. The topological polar surface area (TPSA) is 149 Å². The quantitative estimate of drug-likeness (QED) is 0.304. The van der Waals surface area contributed by atoms with E-state index in [9.17, 15) is 30.6 Å². The average molecular weight is 394 g/mol. The molecule has 6 N–H and O–H groups in total. The molecular weight excluding hydrogens is 360 g/mol. The van der Waals surface area contributed by atoms with Gasteiger partial charge in [0.1, 0.15) is 42.7 Å². The van der Waals surface area contributed by atoms with E-state index in [0.29, 0.717) is 6.42 Å². The predicted molar refractivity (Wildman–Crippen MR) is 93.7 cm³/mol. The van der Waals surface area contributed by atoms with Gasteiger partial charge in [-0.1, -0.05) is 33.6 Å². The van der Waals surface area contributed by atoms with E-state index < -0.39 is 55.1 Å². The van der Waals surface area contributed by atoms with Crippen molar-refractivity contribution in [3.05, 3.63) is 0 Å². The average Bonchev–Trinajstić information content (AvgIpc) is 2.66. The predicted octanol–water partition coefficient (Wildman–Crippen LogP) is -1.49. The molecule has 2 fully saturated rings. The summed E-state index contributed by atoms with van der Waals surface area (Å²) in [5.41, 5.74) is -0.0961. The van der Waals surface area contributed by atoms with Crippen molar-refractivity contribution in [2.45, 2.75) is 95.2 Å². The molecule has 9 unspecified atom stereocenters. The first kappa shape index (κ1) is 22.9. The summed E-state index contributed by atoms with van der Waals surface area (Å²) < 4.78 is 16.5. The standard InChI is InChI=1S/C18H34O9/c1-4-18(3,5-2)6-10-13(21)15(23)16(24)17(27-10)26-8-11-14(22)12(20)9(19)7-25-11/h9-17,19-24H,4-8H2,1-3H3. The van der Waals surface area contributed by atoms with Crippen LogP contribution >= 0.6 is 0 Å². The van der Waals surface area contributed by atoms with E-state index in [0.717, 1.165) is 12.8 Å². The Bertz CT molecular complexity index is 458. The van der Waals surface area contributed by atoms with Crippen LogP contribution in [-0.4, -0.2) is 99.0 Å². The van der Waals surface area contributed by atoms with Gasteiger partial charge in [-0.15, -0.1) is 0 Å². The summed E-state index contributed by atoms with van der Waals surface area (Å²) in [4.78, 5) is 0. The van der Waals surface area contributed by atoms with Gasteiger partial charge < -0.3 is 44.8 Å². The molecule has 0 saturated carbocycles. The molecule has 9 heteroatoms. The van der Waals surface area contributed by atoms with E-state index in [-0.39, 0.29) is 18.6 Å². The van der Waals surface area contributed by atoms with Gasteiger partial charge in [0.05, 0.1) is 19.3 Å². The van der Waals surface area contributed by atoms with Gasteiger partial charge in [-0.2, -0.15) is 0 Å². The van der Waals surface area contributed by atoms with E-state index >= 15 is 0 Å². The lowest BCUT2D eigenvalue weighted by Gasteiger charge is -2.44. The van der Waals surface area contributed by atoms with Crippen LogP contribution in [0.25, 0.3) is 0 Å². The molecule has 9 nitrogen and oxygen atoms in total. The summed E-state index contributed by atoms with van der Waals surface area (Å²) in [5.74, 6) is 0. The Morgan fingerprint density at radius 3 is 2.04 bits per heavy atom. The molecule has 0 aliphatic carbocycles. The summed E-state index contributed by atoms with van der Waals surface area (Å²) in [6.07, 6.45) is -8.70. The number of hydrogen-bond donors (Lipinski definition) is 6. The number of ether oxygens (including phenoxy) is 3. The number of rotatable bonds is 7. The monoisotopic (exact) mass is 394 g/mol. The molecule has 0 spiro atoms. The second kappa shape index (κ2) is 9.43. The molecule has 2 aliphatic heterocycles. The molecular formula is C18H34O9. The van der Waals surface area contributed by atoms with Crippen molar-refractivity contribution in [3.8, 4) is 0 Å². The molecule has 2 heterocycles. The number of hydrogen-bond acceptors (Lipinski definition) is 9. The third-order valence-electron chi connectivity index (χ3n) is 6.10. The summed E-state index contributed by atoms with van der Waals surface area (Å²) in [6.45, 7) is 5.77. The largest absolute Gasteiger partial charge is 0.388 e. The lowest BCUT2D eigenvalue weighted by molar-refractivity contribution is -0.310. The van der Waals surface area contributed by atoms with Gasteiger partial charge >= 0.3 is 0 Å². The minimum absolute atomic E-state index is 0.0961. The van der Waals surface area contributed by atoms with E-state index in [4.69, 9.17) is 14.2 Å². The lowest BCUT2D eigenvalue weighted by atomic mass is 9.77. The zero-order valence-corrected chi connectivity index (χ0v) is 16.1. The van der Waals surface area contributed by atoms with Gasteiger partial charge in [-0.05, 0) is 11.8 Å². The second-order valence-corrected chi connectivity index (χ2v) is 7.99. The van der Waals surface area contributed by atoms with Crippen molar-refractivity contribution in [1.82, 2.24) is 0 Å². The highest BCUT2D eigenvalue weighted by molar-refractivity contribution is 4.93. The number of aliphatic hydroxyl groups excluding tert-OH is 6. The van der Waals surface area contributed by atoms with E-state index in [1.165, 1.54) is 0 Å². The highest BCUT2D eigenvalue weighted by Gasteiger charge is 2.47. The fourth-order valence-electron chi connectivity index (χ4n) is 3.45. The maximum absolute atomic E-state index is 10.3. The summed E-state index contributed by atoms with van der Waals surface area (Å²) in [5, 5.41) is 59.8. The van der Waals surface area contributed by atoms with E-state index in [1.54, 1.807) is 0 Å². The molecule has 0 aromatic heterocycles. The van der Waals surface area contributed by atoms with Crippen LogP contribution in [0, 0.1) is 5.41 Å². The Morgan fingerprint density at radius 1 is 0.852 bits per heavy atom. The van der Waals surface area contributed by atoms with Gasteiger partial charge in [-0.3, -0.25) is 0 Å². The maximum atomic E-state index is 10.3. The third-order valence-corrected chi connectivity index (χ3v) is 6.10. The van der Waals surface area contributed by atoms with Gasteiger partial charge in [0.15, 0.2) is 6.29 Å². The van der Waals surface area contributed by atoms with Crippen LogP contribution in [0.15, 0.2) is 0 Å². The molecule has 2 rings (SSSR count). The minimum atomic E-state index is -1.47. The zero-order chi connectivity index (χ0) is 20.4. The highest BCUT2D eigenvalue weighted by atomic mass is 16.7. The fraction of sp³-hybridized carbons (Fsp3) is 1.00. The Hall–Kier alpha value is -0.360. The molecule has 9 atom stereocenters. The van der Waals surface area contributed by atoms with Crippen LogP contribution in [-0.2, 0) is 14.2 Å². The van der Waals surface area contributed by atoms with Gasteiger partial charge in [-0.25, -0.2) is 0 Å². The Kier molecular flexibility index (Phi) is 8.00. The van der Waals surface area contributed by atoms with Crippen molar-refractivity contribution in [2.24, 2.45) is 5.41 Å². The Labute approximate surface area is 159 Å². The molecule has 0 bridgehead atoms. The van der Waals surface area contributed by atoms with E-state index in [1.807, 2.05) is 13.8 Å². The molecule has 0 aromatic rings. The van der Waals surface area contributed by atoms with Crippen molar-refractivity contribution in [1.29, 1.82) is 0 Å². The smallest absolute Gasteiger partial charge is 0.186 e. The third kappa shape index (κ3) is 5.17. The number of aliphatic hydroxyl groups is 6. The van der Waals surface area contributed by atoms with Crippen molar-refractivity contribution in [3.63, 3.8) is 0 Å². The zero-order valence-electron chi connectivity index (χ0n) is 16.1. The normalized spacial score (nSPS) is 43.7. The van der Waals surface area contributed by atoms with Crippen molar-refractivity contribution in [2.75, 3.05) is 13.2 Å². The summed E-state index contributed by atoms with van der Waals surface area (Å²) >= 11 is 0. The lowest BCUT2D eigenvalue weighted by Crippen LogP contribution is -2.60. The van der Waals surface area contributed by atoms with Crippen LogP contribution in [0.1, 0.15) is 40.0 Å². The molecule has 2 aliphatic rings. The van der Waals surface area contributed by atoms with Gasteiger partial charge in [0.2, 0.25) is 0 Å². The molecule has 0 radical (unpaired) electrons. The van der Waals surface area contributed by atoms with Crippen LogP contribution in [0.5, 0.6) is 0 Å². The first-order valence-corrected chi connectivity index (χ1v) is 9.60. The molecule has 27 heavy (non-hydrogen) atoms. The summed E-state index contributed by atoms with van der Waals surface area (Å²) in [7, 11) is 0. The first-order chi connectivity index (χ1) is 12.6. The second-order valence-electron chi connectivity index (χ2n) is 7.99. The van der Waals surface area contributed by atoms with Crippen molar-refractivity contribution < 1.29 is 44.8 Å². The SMILES string of the molecule is CCC(C)(CC)CC1OC(OCC2OCC(O)C(O)C2O)C(O)C(O)C1O. The Balaban J connectivity index is 1.99. The van der Waals surface area contributed by atoms with Crippen LogP contribution in [0.4, 0.5) is 0 Å². The first-order valence-electron chi connectivity index (χ1n) is 9.60. The highest BCUT2D eigenvalue weighted by Crippen LogP contribution is 2.36. The molecule has 0 aromatic carbocycles. The Morgan fingerprint density at radius 2 is 1.44 bits per heavy atom. The minimum Gasteiger partial charge on any atom is -0.388 e. The molecule has 2 saturated heterocycles. The fourth-order valence-corrected chi connectivity index (χ4v) is 3.45. The van der Waals surface area contributed by atoms with E-state index in [2.05, 4.69) is 6.92 Å². The summed E-state index contributed by atoms with van der Waals surface area (Å²) in [6, 6.07) is 0. The van der Waals surface area contributed by atoms with Crippen LogP contribution < -0.4 is 0 Å².